The Morgan fingerprint density at radius 1 is 1.20 bits per heavy atom. The summed E-state index contributed by atoms with van der Waals surface area (Å²) < 4.78 is 5.20. The van der Waals surface area contributed by atoms with E-state index in [0.29, 0.717) is 6.54 Å². The van der Waals surface area contributed by atoms with Crippen molar-refractivity contribution in [3.63, 3.8) is 0 Å². The monoisotopic (exact) mass is 454 g/mol. The number of benzene rings is 1. The first-order valence-electron chi connectivity index (χ1n) is 8.25. The van der Waals surface area contributed by atoms with E-state index in [1.807, 2.05) is 43.6 Å². The first kappa shape index (κ1) is 21.2. The normalized spacial score (nSPS) is 10.8. The standard InChI is InChI=1S/C19H26N4O.HI/c1-4-20-19(22-14-12-17-7-5-6-13-21-17)23(2)15-16-8-10-18(24-3)11-9-16;/h5-11,13H,4,12,14-15H2,1-3H3,(H,20,22);1H. The van der Waals surface area contributed by atoms with Gasteiger partial charge in [0.2, 0.25) is 0 Å². The molecule has 6 heteroatoms. The lowest BCUT2D eigenvalue weighted by molar-refractivity contribution is 0.414. The summed E-state index contributed by atoms with van der Waals surface area (Å²) in [5.74, 6) is 1.78. The summed E-state index contributed by atoms with van der Waals surface area (Å²) in [6.07, 6.45) is 2.66. The zero-order valence-electron chi connectivity index (χ0n) is 15.1. The van der Waals surface area contributed by atoms with Crippen LogP contribution in [0.15, 0.2) is 53.7 Å². The first-order valence-corrected chi connectivity index (χ1v) is 8.25. The molecule has 136 valence electrons. The van der Waals surface area contributed by atoms with Crippen LogP contribution in [0.1, 0.15) is 18.2 Å². The summed E-state index contributed by atoms with van der Waals surface area (Å²) in [6.45, 7) is 4.43. The van der Waals surface area contributed by atoms with Crippen molar-refractivity contribution in [2.75, 3.05) is 27.2 Å². The highest BCUT2D eigenvalue weighted by atomic mass is 127. The van der Waals surface area contributed by atoms with Gasteiger partial charge in [0.25, 0.3) is 0 Å². The zero-order chi connectivity index (χ0) is 17.2. The van der Waals surface area contributed by atoms with Gasteiger partial charge in [0, 0.05) is 45.0 Å². The van der Waals surface area contributed by atoms with Crippen LogP contribution in [0, 0.1) is 0 Å². The third-order valence-corrected chi connectivity index (χ3v) is 3.63. The van der Waals surface area contributed by atoms with Crippen LogP contribution in [0.2, 0.25) is 0 Å². The molecule has 0 fully saturated rings. The molecule has 1 aromatic carbocycles. The number of nitrogens with one attached hydrogen (secondary N) is 1. The van der Waals surface area contributed by atoms with Crippen molar-refractivity contribution in [2.45, 2.75) is 19.9 Å². The van der Waals surface area contributed by atoms with Gasteiger partial charge < -0.3 is 15.0 Å². The number of guanidine groups is 1. The molecular formula is C19H27IN4O. The number of ether oxygens (including phenoxy) is 1. The summed E-state index contributed by atoms with van der Waals surface area (Å²) in [6, 6.07) is 14.1. The molecule has 0 atom stereocenters. The van der Waals surface area contributed by atoms with E-state index in [2.05, 4.69) is 34.3 Å². The smallest absolute Gasteiger partial charge is 0.193 e. The lowest BCUT2D eigenvalue weighted by atomic mass is 10.2. The second-order valence-corrected chi connectivity index (χ2v) is 5.51. The third kappa shape index (κ3) is 7.29. The minimum Gasteiger partial charge on any atom is -0.497 e. The lowest BCUT2D eigenvalue weighted by Crippen LogP contribution is -2.38. The molecule has 25 heavy (non-hydrogen) atoms. The maximum absolute atomic E-state index is 5.20. The Hall–Kier alpha value is -1.83. The van der Waals surface area contributed by atoms with E-state index in [1.165, 1.54) is 5.56 Å². The molecule has 0 radical (unpaired) electrons. The van der Waals surface area contributed by atoms with Crippen molar-refractivity contribution < 1.29 is 4.74 Å². The van der Waals surface area contributed by atoms with Gasteiger partial charge in [-0.05, 0) is 36.8 Å². The van der Waals surface area contributed by atoms with Crippen LogP contribution >= 0.6 is 24.0 Å². The second kappa shape index (κ2) is 11.7. The van der Waals surface area contributed by atoms with Gasteiger partial charge >= 0.3 is 0 Å². The van der Waals surface area contributed by atoms with Gasteiger partial charge in [0.15, 0.2) is 5.96 Å². The topological polar surface area (TPSA) is 49.8 Å². The second-order valence-electron chi connectivity index (χ2n) is 5.51. The van der Waals surface area contributed by atoms with Crippen LogP contribution in [-0.2, 0) is 13.0 Å². The predicted molar refractivity (Wildman–Crippen MR) is 114 cm³/mol. The Kier molecular flexibility index (Phi) is 9.91. The number of hydrogen-bond donors (Lipinski definition) is 1. The van der Waals surface area contributed by atoms with Crippen molar-refractivity contribution in [1.29, 1.82) is 0 Å². The van der Waals surface area contributed by atoms with E-state index >= 15 is 0 Å². The maximum Gasteiger partial charge on any atom is 0.193 e. The Morgan fingerprint density at radius 2 is 1.96 bits per heavy atom. The molecule has 1 heterocycles. The van der Waals surface area contributed by atoms with E-state index in [4.69, 9.17) is 9.73 Å². The van der Waals surface area contributed by atoms with Crippen LogP contribution in [0.4, 0.5) is 0 Å². The van der Waals surface area contributed by atoms with E-state index in [9.17, 15) is 0 Å². The summed E-state index contributed by atoms with van der Waals surface area (Å²) in [4.78, 5) is 11.2. The lowest BCUT2D eigenvalue weighted by Gasteiger charge is -2.22. The molecule has 1 N–H and O–H groups in total. The number of pyridine rings is 1. The van der Waals surface area contributed by atoms with Crippen LogP contribution in [0.3, 0.4) is 0 Å². The Morgan fingerprint density at radius 3 is 2.56 bits per heavy atom. The number of aliphatic imine (C=N–C) groups is 1. The fourth-order valence-electron chi connectivity index (χ4n) is 2.37. The Bertz CT molecular complexity index is 632. The maximum atomic E-state index is 5.20. The van der Waals surface area contributed by atoms with Crippen LogP contribution in [0.25, 0.3) is 0 Å². The van der Waals surface area contributed by atoms with Gasteiger partial charge in [0.05, 0.1) is 7.11 Å². The van der Waals surface area contributed by atoms with Crippen LogP contribution in [0.5, 0.6) is 5.75 Å². The van der Waals surface area contributed by atoms with E-state index in [1.54, 1.807) is 7.11 Å². The molecule has 2 rings (SSSR count). The molecule has 0 aliphatic carbocycles. The highest BCUT2D eigenvalue weighted by Gasteiger charge is 2.06. The van der Waals surface area contributed by atoms with Crippen LogP contribution < -0.4 is 10.1 Å². The largest absolute Gasteiger partial charge is 0.497 e. The minimum atomic E-state index is 0. The molecule has 0 bridgehead atoms. The molecule has 1 aromatic heterocycles. The molecule has 0 unspecified atom stereocenters. The predicted octanol–water partition coefficient (Wildman–Crippen LogP) is 3.35. The summed E-state index contributed by atoms with van der Waals surface area (Å²) in [5.41, 5.74) is 2.28. The van der Waals surface area contributed by atoms with Gasteiger partial charge in [-0.2, -0.15) is 0 Å². The molecule has 5 nitrogen and oxygen atoms in total. The van der Waals surface area contributed by atoms with Gasteiger partial charge in [-0.3, -0.25) is 9.98 Å². The summed E-state index contributed by atoms with van der Waals surface area (Å²) in [5, 5.41) is 3.34. The number of rotatable bonds is 7. The molecule has 0 amide bonds. The molecule has 0 spiro atoms. The van der Waals surface area contributed by atoms with Gasteiger partial charge in [-0.15, -0.1) is 24.0 Å². The fraction of sp³-hybridized carbons (Fsp3) is 0.368. The molecule has 0 saturated carbocycles. The first-order chi connectivity index (χ1) is 11.7. The number of nitrogens with zero attached hydrogens (tertiary/aromatic N) is 3. The highest BCUT2D eigenvalue weighted by molar-refractivity contribution is 14.0. The van der Waals surface area contributed by atoms with Crippen molar-refractivity contribution >= 4 is 29.9 Å². The van der Waals surface area contributed by atoms with E-state index in [-0.39, 0.29) is 24.0 Å². The fourth-order valence-corrected chi connectivity index (χ4v) is 2.37. The quantitative estimate of drug-likeness (QED) is 0.396. The Balaban J connectivity index is 0.00000312. The number of aromatic nitrogens is 1. The third-order valence-electron chi connectivity index (χ3n) is 3.63. The number of methoxy groups -OCH3 is 1. The summed E-state index contributed by atoms with van der Waals surface area (Å²) in [7, 11) is 3.73. The zero-order valence-corrected chi connectivity index (χ0v) is 17.4. The number of halogens is 1. The molecule has 0 saturated heterocycles. The molecular weight excluding hydrogens is 427 g/mol. The summed E-state index contributed by atoms with van der Waals surface area (Å²) >= 11 is 0. The molecule has 0 aliphatic heterocycles. The molecule has 2 aromatic rings. The van der Waals surface area contributed by atoms with Gasteiger partial charge in [-0.1, -0.05) is 18.2 Å². The Labute approximate surface area is 167 Å². The van der Waals surface area contributed by atoms with Gasteiger partial charge in [-0.25, -0.2) is 0 Å². The van der Waals surface area contributed by atoms with Crippen molar-refractivity contribution in [3.05, 3.63) is 59.9 Å². The average Bonchev–Trinajstić information content (AvgIpc) is 2.62. The van der Waals surface area contributed by atoms with E-state index < -0.39 is 0 Å². The van der Waals surface area contributed by atoms with Crippen molar-refractivity contribution in [1.82, 2.24) is 15.2 Å². The minimum absolute atomic E-state index is 0. The van der Waals surface area contributed by atoms with Crippen molar-refractivity contribution in [3.8, 4) is 5.75 Å². The van der Waals surface area contributed by atoms with Gasteiger partial charge in [0.1, 0.15) is 5.75 Å². The highest BCUT2D eigenvalue weighted by Crippen LogP contribution is 2.12. The SMILES string of the molecule is CCNC(=NCCc1ccccn1)N(C)Cc1ccc(OC)cc1.I. The van der Waals surface area contributed by atoms with E-state index in [0.717, 1.165) is 36.9 Å². The average molecular weight is 454 g/mol. The van der Waals surface area contributed by atoms with Crippen molar-refractivity contribution in [2.24, 2.45) is 4.99 Å². The van der Waals surface area contributed by atoms with Crippen LogP contribution in [-0.4, -0.2) is 43.1 Å². The molecule has 0 aliphatic rings. The number of hydrogen-bond acceptors (Lipinski definition) is 3.